The van der Waals surface area contributed by atoms with Crippen molar-refractivity contribution in [3.63, 3.8) is 0 Å². The minimum atomic E-state index is 0.802. The zero-order valence-corrected chi connectivity index (χ0v) is 11.9. The van der Waals surface area contributed by atoms with Gasteiger partial charge in [-0.2, -0.15) is 11.8 Å². The number of nitrogens with two attached hydrogens (primary N) is 1. The molecule has 2 rings (SSSR count). The first-order chi connectivity index (χ1) is 8.15. The van der Waals surface area contributed by atoms with Gasteiger partial charge in [-0.15, -0.1) is 0 Å². The second-order valence-electron chi connectivity index (χ2n) is 5.06. The van der Waals surface area contributed by atoms with Crippen LogP contribution in [0.3, 0.4) is 0 Å². The van der Waals surface area contributed by atoms with E-state index in [1.807, 2.05) is 30.0 Å². The normalized spacial score (nSPS) is 24.8. The van der Waals surface area contributed by atoms with Crippen LogP contribution in [0.1, 0.15) is 38.2 Å². The smallest absolute Gasteiger partial charge is 0.0447 e. The first kappa shape index (κ1) is 13.1. The zero-order valence-electron chi connectivity index (χ0n) is 10.3. The Bertz CT molecular complexity index is 380. The van der Waals surface area contributed by atoms with E-state index < -0.39 is 0 Å². The highest BCUT2D eigenvalue weighted by Crippen LogP contribution is 2.34. The molecule has 2 N–H and O–H groups in total. The van der Waals surface area contributed by atoms with Crippen molar-refractivity contribution in [2.24, 2.45) is 5.92 Å². The molecular formula is C14H20ClNS. The van der Waals surface area contributed by atoms with Crippen LogP contribution in [0.2, 0.25) is 5.02 Å². The Morgan fingerprint density at radius 2 is 2.24 bits per heavy atom. The Morgan fingerprint density at radius 1 is 1.41 bits per heavy atom. The van der Waals surface area contributed by atoms with Gasteiger partial charge in [0.15, 0.2) is 0 Å². The standard InChI is InChI=1S/C14H20ClNS/c1-10-3-2-4-13(7-10)17-9-11-8-12(16)5-6-14(11)15/h5-6,8,10,13H,2-4,7,9,16H2,1H3. The molecule has 1 aromatic rings. The summed E-state index contributed by atoms with van der Waals surface area (Å²) in [6.07, 6.45) is 5.49. The predicted octanol–water partition coefficient (Wildman–Crippen LogP) is 4.73. The lowest BCUT2D eigenvalue weighted by atomic mass is 9.91. The molecule has 2 unspecified atom stereocenters. The van der Waals surface area contributed by atoms with Crippen molar-refractivity contribution < 1.29 is 0 Å². The molecule has 0 bridgehead atoms. The number of thioether (sulfide) groups is 1. The number of halogens is 1. The molecule has 0 saturated heterocycles. The molecule has 1 aromatic carbocycles. The Morgan fingerprint density at radius 3 is 3.00 bits per heavy atom. The predicted molar refractivity (Wildman–Crippen MR) is 78.6 cm³/mol. The number of benzene rings is 1. The maximum absolute atomic E-state index is 6.17. The molecule has 1 aliphatic carbocycles. The van der Waals surface area contributed by atoms with Crippen LogP contribution in [0.25, 0.3) is 0 Å². The van der Waals surface area contributed by atoms with Crippen LogP contribution in [-0.2, 0) is 5.75 Å². The van der Waals surface area contributed by atoms with Gasteiger partial charge in [-0.1, -0.05) is 31.4 Å². The Hall–Kier alpha value is -0.340. The largest absolute Gasteiger partial charge is 0.399 e. The molecule has 94 valence electrons. The third kappa shape index (κ3) is 3.82. The zero-order chi connectivity index (χ0) is 12.3. The fourth-order valence-corrected chi connectivity index (χ4v) is 4.16. The summed E-state index contributed by atoms with van der Waals surface area (Å²) < 4.78 is 0. The molecule has 1 nitrogen and oxygen atoms in total. The van der Waals surface area contributed by atoms with E-state index in [1.165, 1.54) is 31.2 Å². The summed E-state index contributed by atoms with van der Waals surface area (Å²) in [5, 5.41) is 1.65. The molecular weight excluding hydrogens is 250 g/mol. The van der Waals surface area contributed by atoms with E-state index in [0.29, 0.717) is 0 Å². The quantitative estimate of drug-likeness (QED) is 0.803. The SMILES string of the molecule is CC1CCCC(SCc2cc(N)ccc2Cl)C1. The third-order valence-corrected chi connectivity index (χ3v) is 5.18. The second-order valence-corrected chi connectivity index (χ2v) is 6.75. The van der Waals surface area contributed by atoms with E-state index >= 15 is 0 Å². The lowest BCUT2D eigenvalue weighted by Crippen LogP contribution is -2.15. The average Bonchev–Trinajstić information content (AvgIpc) is 2.30. The number of anilines is 1. The summed E-state index contributed by atoms with van der Waals surface area (Å²) in [5.41, 5.74) is 7.77. The monoisotopic (exact) mass is 269 g/mol. The summed E-state index contributed by atoms with van der Waals surface area (Å²) in [5.74, 6) is 1.87. The van der Waals surface area contributed by atoms with E-state index in [0.717, 1.165) is 27.6 Å². The molecule has 0 aliphatic heterocycles. The van der Waals surface area contributed by atoms with Crippen LogP contribution < -0.4 is 5.73 Å². The summed E-state index contributed by atoms with van der Waals surface area (Å²) >= 11 is 8.21. The number of hydrogen-bond donors (Lipinski definition) is 1. The molecule has 2 atom stereocenters. The number of nitrogen functional groups attached to an aromatic ring is 1. The summed E-state index contributed by atoms with van der Waals surface area (Å²) in [7, 11) is 0. The van der Waals surface area contributed by atoms with Gasteiger partial charge < -0.3 is 5.73 Å². The van der Waals surface area contributed by atoms with Gasteiger partial charge in [0.2, 0.25) is 0 Å². The van der Waals surface area contributed by atoms with Crippen LogP contribution >= 0.6 is 23.4 Å². The van der Waals surface area contributed by atoms with Crippen molar-refractivity contribution >= 4 is 29.1 Å². The lowest BCUT2D eigenvalue weighted by molar-refractivity contribution is 0.394. The van der Waals surface area contributed by atoms with Gasteiger partial charge in [-0.3, -0.25) is 0 Å². The van der Waals surface area contributed by atoms with Crippen molar-refractivity contribution in [2.75, 3.05) is 5.73 Å². The topological polar surface area (TPSA) is 26.0 Å². The minimum absolute atomic E-state index is 0.802. The van der Waals surface area contributed by atoms with Crippen molar-refractivity contribution in [1.82, 2.24) is 0 Å². The van der Waals surface area contributed by atoms with E-state index in [4.69, 9.17) is 17.3 Å². The van der Waals surface area contributed by atoms with Crippen molar-refractivity contribution in [3.05, 3.63) is 28.8 Å². The minimum Gasteiger partial charge on any atom is -0.399 e. The Labute approximate surface area is 113 Å². The van der Waals surface area contributed by atoms with Crippen LogP contribution in [-0.4, -0.2) is 5.25 Å². The maximum atomic E-state index is 6.17. The Balaban J connectivity index is 1.90. The van der Waals surface area contributed by atoms with Crippen LogP contribution in [0, 0.1) is 5.92 Å². The molecule has 0 spiro atoms. The summed E-state index contributed by atoms with van der Waals surface area (Å²) in [6, 6.07) is 5.76. The van der Waals surface area contributed by atoms with Gasteiger partial charge in [0, 0.05) is 21.7 Å². The van der Waals surface area contributed by atoms with Gasteiger partial charge in [0.05, 0.1) is 0 Å². The number of hydrogen-bond acceptors (Lipinski definition) is 2. The molecule has 0 amide bonds. The van der Waals surface area contributed by atoms with Gasteiger partial charge in [0.25, 0.3) is 0 Å². The highest BCUT2D eigenvalue weighted by Gasteiger charge is 2.19. The highest BCUT2D eigenvalue weighted by atomic mass is 35.5. The van der Waals surface area contributed by atoms with E-state index in [9.17, 15) is 0 Å². The summed E-state index contributed by atoms with van der Waals surface area (Å²) in [6.45, 7) is 2.36. The van der Waals surface area contributed by atoms with Crippen LogP contribution in [0.15, 0.2) is 18.2 Å². The fraction of sp³-hybridized carbons (Fsp3) is 0.571. The molecule has 1 fully saturated rings. The van der Waals surface area contributed by atoms with Crippen LogP contribution in [0.5, 0.6) is 0 Å². The Kier molecular flexibility index (Phi) is 4.63. The van der Waals surface area contributed by atoms with Gasteiger partial charge in [0.1, 0.15) is 0 Å². The maximum Gasteiger partial charge on any atom is 0.0447 e. The van der Waals surface area contributed by atoms with Gasteiger partial charge in [-0.25, -0.2) is 0 Å². The molecule has 0 heterocycles. The third-order valence-electron chi connectivity index (χ3n) is 3.43. The van der Waals surface area contributed by atoms with E-state index in [1.54, 1.807) is 0 Å². The number of rotatable bonds is 3. The molecule has 0 aromatic heterocycles. The van der Waals surface area contributed by atoms with Crippen molar-refractivity contribution in [3.8, 4) is 0 Å². The lowest BCUT2D eigenvalue weighted by Gasteiger charge is -2.26. The molecule has 17 heavy (non-hydrogen) atoms. The average molecular weight is 270 g/mol. The van der Waals surface area contributed by atoms with Crippen molar-refractivity contribution in [1.29, 1.82) is 0 Å². The molecule has 1 aliphatic rings. The van der Waals surface area contributed by atoms with Crippen molar-refractivity contribution in [2.45, 2.75) is 43.6 Å². The first-order valence-corrected chi connectivity index (χ1v) is 7.73. The van der Waals surface area contributed by atoms with E-state index in [-0.39, 0.29) is 0 Å². The fourth-order valence-electron chi connectivity index (χ4n) is 2.44. The second kappa shape index (κ2) is 6.01. The summed E-state index contributed by atoms with van der Waals surface area (Å²) in [4.78, 5) is 0. The molecule has 1 saturated carbocycles. The van der Waals surface area contributed by atoms with Crippen LogP contribution in [0.4, 0.5) is 5.69 Å². The molecule has 0 radical (unpaired) electrons. The van der Waals surface area contributed by atoms with E-state index in [2.05, 4.69) is 6.92 Å². The van der Waals surface area contributed by atoms with Gasteiger partial charge >= 0.3 is 0 Å². The van der Waals surface area contributed by atoms with Gasteiger partial charge in [-0.05, 0) is 42.5 Å². The molecule has 3 heteroatoms. The highest BCUT2D eigenvalue weighted by molar-refractivity contribution is 7.99. The first-order valence-electron chi connectivity index (χ1n) is 6.30.